The van der Waals surface area contributed by atoms with Crippen LogP contribution in [0.1, 0.15) is 87.5 Å². The van der Waals surface area contributed by atoms with E-state index in [4.69, 9.17) is 0 Å². The van der Waals surface area contributed by atoms with Crippen molar-refractivity contribution in [1.29, 1.82) is 0 Å². The van der Waals surface area contributed by atoms with Crippen LogP contribution in [0.2, 0.25) is 0 Å². The van der Waals surface area contributed by atoms with Gasteiger partial charge in [0.2, 0.25) is 0 Å². The molecule has 142 valence electrons. The molecule has 1 heteroatoms. The summed E-state index contributed by atoms with van der Waals surface area (Å²) in [5, 5.41) is 3.63. The molecule has 0 aromatic heterocycles. The molecule has 0 saturated carbocycles. The molecule has 0 spiro atoms. The van der Waals surface area contributed by atoms with Crippen LogP contribution in [0.3, 0.4) is 0 Å². The van der Waals surface area contributed by atoms with Gasteiger partial charge < -0.3 is 5.32 Å². The average Bonchev–Trinajstić information content (AvgIpc) is 2.67. The summed E-state index contributed by atoms with van der Waals surface area (Å²) in [6.07, 6.45) is 8.03. The lowest BCUT2D eigenvalue weighted by atomic mass is 9.77. The third kappa shape index (κ3) is 4.76. The van der Waals surface area contributed by atoms with Crippen molar-refractivity contribution < 1.29 is 0 Å². The Hall–Kier alpha value is -1.60. The first kappa shape index (κ1) is 20.7. The predicted octanol–water partition coefficient (Wildman–Crippen LogP) is 6.94. The Morgan fingerprint density at radius 1 is 0.885 bits per heavy atom. The minimum absolute atomic E-state index is 0.168. The van der Waals surface area contributed by atoms with Gasteiger partial charge in [0.05, 0.1) is 5.54 Å². The first-order chi connectivity index (χ1) is 12.5. The summed E-state index contributed by atoms with van der Waals surface area (Å²) >= 11 is 0. The number of aryl methyl sites for hydroxylation is 1. The van der Waals surface area contributed by atoms with Crippen LogP contribution in [0.5, 0.6) is 0 Å². The number of unbranched alkanes of at least 4 members (excludes halogenated alkanes) is 4. The maximum Gasteiger partial charge on any atom is 0.0664 e. The molecule has 0 aliphatic carbocycles. The maximum atomic E-state index is 3.63. The van der Waals surface area contributed by atoms with Crippen molar-refractivity contribution in [1.82, 2.24) is 5.32 Å². The molecule has 1 N–H and O–H groups in total. The monoisotopic (exact) mass is 351 g/mol. The number of rotatable bonds is 10. The highest BCUT2D eigenvalue weighted by atomic mass is 14.9. The van der Waals surface area contributed by atoms with Crippen LogP contribution in [0.25, 0.3) is 0 Å². The Morgan fingerprint density at radius 3 is 2.15 bits per heavy atom. The van der Waals surface area contributed by atoms with E-state index in [2.05, 4.69) is 88.6 Å². The maximum absolute atomic E-state index is 3.63. The number of hydrogen-bond acceptors (Lipinski definition) is 1. The quantitative estimate of drug-likeness (QED) is 0.457. The zero-order valence-corrected chi connectivity index (χ0v) is 17.4. The fourth-order valence-corrected chi connectivity index (χ4v) is 4.14. The van der Waals surface area contributed by atoms with Gasteiger partial charge in [0.1, 0.15) is 0 Å². The van der Waals surface area contributed by atoms with Gasteiger partial charge in [0.25, 0.3) is 0 Å². The number of nitrogens with one attached hydrogen (secondary N) is 1. The molecule has 0 fully saturated rings. The zero-order valence-electron chi connectivity index (χ0n) is 17.4. The van der Waals surface area contributed by atoms with Gasteiger partial charge in [-0.05, 0) is 55.5 Å². The fourth-order valence-electron chi connectivity index (χ4n) is 4.14. The van der Waals surface area contributed by atoms with E-state index in [1.165, 1.54) is 60.8 Å². The van der Waals surface area contributed by atoms with Crippen LogP contribution in [-0.2, 0) is 5.54 Å². The van der Waals surface area contributed by atoms with Gasteiger partial charge >= 0.3 is 0 Å². The summed E-state index contributed by atoms with van der Waals surface area (Å²) in [6, 6.07) is 17.8. The van der Waals surface area contributed by atoms with Crippen LogP contribution in [0.4, 0.5) is 0 Å². The average molecular weight is 352 g/mol. The Morgan fingerprint density at radius 2 is 1.50 bits per heavy atom. The minimum Gasteiger partial charge on any atom is -0.307 e. The van der Waals surface area contributed by atoms with Crippen molar-refractivity contribution in [2.45, 2.75) is 77.7 Å². The fraction of sp³-hybridized carbons (Fsp3) is 0.520. The molecular weight excluding hydrogens is 314 g/mol. The second kappa shape index (κ2) is 9.92. The highest BCUT2D eigenvalue weighted by molar-refractivity contribution is 5.46. The summed E-state index contributed by atoms with van der Waals surface area (Å²) in [6.45, 7) is 9.21. The van der Waals surface area contributed by atoms with Crippen LogP contribution in [0.15, 0.2) is 48.5 Å². The van der Waals surface area contributed by atoms with Crippen LogP contribution in [0, 0.1) is 6.92 Å². The zero-order chi connectivity index (χ0) is 19.0. The second-order valence-electron chi connectivity index (χ2n) is 7.88. The molecule has 26 heavy (non-hydrogen) atoms. The Labute approximate surface area is 161 Å². The lowest BCUT2D eigenvalue weighted by molar-refractivity contribution is 0.470. The minimum atomic E-state index is -0.168. The van der Waals surface area contributed by atoms with Crippen LogP contribution >= 0.6 is 0 Å². The summed E-state index contributed by atoms with van der Waals surface area (Å²) < 4.78 is 0. The van der Waals surface area contributed by atoms with Crippen molar-refractivity contribution >= 4 is 0 Å². The largest absolute Gasteiger partial charge is 0.307 e. The Kier molecular flexibility index (Phi) is 7.90. The molecular formula is C25H37N. The molecule has 2 aromatic rings. The van der Waals surface area contributed by atoms with Gasteiger partial charge in [-0.2, -0.15) is 0 Å². The Balaban J connectivity index is 2.27. The first-order valence-electron chi connectivity index (χ1n) is 10.4. The lowest BCUT2D eigenvalue weighted by Crippen LogP contribution is -2.39. The van der Waals surface area contributed by atoms with Gasteiger partial charge in [-0.1, -0.05) is 94.5 Å². The van der Waals surface area contributed by atoms with E-state index in [1.807, 2.05) is 0 Å². The van der Waals surface area contributed by atoms with Crippen molar-refractivity contribution in [2.24, 2.45) is 0 Å². The van der Waals surface area contributed by atoms with E-state index < -0.39 is 0 Å². The van der Waals surface area contributed by atoms with E-state index in [1.54, 1.807) is 0 Å². The predicted molar refractivity (Wildman–Crippen MR) is 115 cm³/mol. The summed E-state index contributed by atoms with van der Waals surface area (Å²) in [5.74, 6) is 0.588. The molecule has 2 rings (SSSR count). The van der Waals surface area contributed by atoms with E-state index in [0.717, 1.165) is 0 Å². The van der Waals surface area contributed by atoms with Crippen LogP contribution in [-0.4, -0.2) is 7.05 Å². The SMILES string of the molecule is CCCCCCC[C@@H](C)c1ccccc1[C@](C)(NC)c1ccccc1C. The van der Waals surface area contributed by atoms with Gasteiger partial charge in [0.15, 0.2) is 0 Å². The standard InChI is InChI=1S/C25H37N/c1-6-7-8-9-10-15-20(2)22-17-12-14-19-24(22)25(4,26-5)23-18-13-11-16-21(23)3/h11-14,16-20,26H,6-10,15H2,1-5H3/t20-,25-/m1/s1. The van der Waals surface area contributed by atoms with Crippen molar-refractivity contribution in [2.75, 3.05) is 7.05 Å². The van der Waals surface area contributed by atoms with Gasteiger partial charge in [0, 0.05) is 0 Å². The highest BCUT2D eigenvalue weighted by Crippen LogP contribution is 2.37. The third-order valence-electron chi connectivity index (χ3n) is 5.95. The molecule has 1 nitrogen and oxygen atoms in total. The first-order valence-corrected chi connectivity index (χ1v) is 10.4. The molecule has 0 heterocycles. The van der Waals surface area contributed by atoms with E-state index >= 15 is 0 Å². The molecule has 0 aliphatic heterocycles. The van der Waals surface area contributed by atoms with Crippen molar-refractivity contribution in [3.63, 3.8) is 0 Å². The molecule has 0 bridgehead atoms. The van der Waals surface area contributed by atoms with Crippen molar-refractivity contribution in [3.05, 3.63) is 70.8 Å². The third-order valence-corrected chi connectivity index (χ3v) is 5.95. The van der Waals surface area contributed by atoms with Gasteiger partial charge in [-0.3, -0.25) is 0 Å². The topological polar surface area (TPSA) is 12.0 Å². The van der Waals surface area contributed by atoms with E-state index in [-0.39, 0.29) is 5.54 Å². The van der Waals surface area contributed by atoms with Crippen molar-refractivity contribution in [3.8, 4) is 0 Å². The number of hydrogen-bond donors (Lipinski definition) is 1. The molecule has 0 unspecified atom stereocenters. The second-order valence-corrected chi connectivity index (χ2v) is 7.88. The Bertz CT molecular complexity index is 675. The van der Waals surface area contributed by atoms with Gasteiger partial charge in [-0.25, -0.2) is 0 Å². The molecule has 0 saturated heterocycles. The highest BCUT2D eigenvalue weighted by Gasteiger charge is 2.31. The normalized spacial score (nSPS) is 14.8. The lowest BCUT2D eigenvalue weighted by Gasteiger charge is -2.35. The molecule has 0 radical (unpaired) electrons. The van der Waals surface area contributed by atoms with E-state index in [9.17, 15) is 0 Å². The summed E-state index contributed by atoms with van der Waals surface area (Å²) in [7, 11) is 2.08. The molecule has 2 atom stereocenters. The summed E-state index contributed by atoms with van der Waals surface area (Å²) in [4.78, 5) is 0. The number of benzene rings is 2. The molecule has 0 amide bonds. The van der Waals surface area contributed by atoms with E-state index in [0.29, 0.717) is 5.92 Å². The molecule has 2 aromatic carbocycles. The van der Waals surface area contributed by atoms with Crippen LogP contribution < -0.4 is 5.32 Å². The summed E-state index contributed by atoms with van der Waals surface area (Å²) in [5.41, 5.74) is 5.44. The smallest absolute Gasteiger partial charge is 0.0664 e. The molecule has 0 aliphatic rings. The van der Waals surface area contributed by atoms with Gasteiger partial charge in [-0.15, -0.1) is 0 Å².